The second-order valence-corrected chi connectivity index (χ2v) is 6.40. The maximum absolute atomic E-state index is 12.1. The highest BCUT2D eigenvalue weighted by Crippen LogP contribution is 2.10. The molecule has 3 rings (SSSR count). The molecule has 28 heavy (non-hydrogen) atoms. The van der Waals surface area contributed by atoms with Crippen LogP contribution in [0.2, 0.25) is 0 Å². The maximum Gasteiger partial charge on any atom is 0.224 e. The van der Waals surface area contributed by atoms with E-state index in [4.69, 9.17) is 0 Å². The summed E-state index contributed by atoms with van der Waals surface area (Å²) in [6.45, 7) is 1.35. The Balaban J connectivity index is 1.40. The van der Waals surface area contributed by atoms with Crippen LogP contribution in [0.5, 0.6) is 0 Å². The van der Waals surface area contributed by atoms with Crippen LogP contribution in [0, 0.1) is 0 Å². The van der Waals surface area contributed by atoms with Crippen LogP contribution in [0.3, 0.4) is 0 Å². The molecule has 0 bridgehead atoms. The van der Waals surface area contributed by atoms with Gasteiger partial charge in [-0.3, -0.25) is 9.59 Å². The highest BCUT2D eigenvalue weighted by Gasteiger charge is 2.07. The van der Waals surface area contributed by atoms with Gasteiger partial charge in [-0.05, 0) is 16.7 Å². The molecule has 7 heteroatoms. The van der Waals surface area contributed by atoms with Crippen LogP contribution < -0.4 is 10.6 Å². The molecule has 0 atom stereocenters. The van der Waals surface area contributed by atoms with Gasteiger partial charge < -0.3 is 10.6 Å². The Hall–Kier alpha value is -3.48. The Labute approximate surface area is 163 Å². The number of hydrogen-bond donors (Lipinski definition) is 2. The van der Waals surface area contributed by atoms with E-state index in [1.807, 2.05) is 54.6 Å². The van der Waals surface area contributed by atoms with Gasteiger partial charge >= 0.3 is 0 Å². The van der Waals surface area contributed by atoms with Crippen molar-refractivity contribution in [2.75, 3.05) is 6.54 Å². The van der Waals surface area contributed by atoms with Crippen LogP contribution in [-0.2, 0) is 29.1 Å². The van der Waals surface area contributed by atoms with Gasteiger partial charge in [0.1, 0.15) is 12.7 Å². The van der Waals surface area contributed by atoms with E-state index in [0.717, 1.165) is 16.7 Å². The zero-order valence-corrected chi connectivity index (χ0v) is 15.5. The number of nitrogens with one attached hydrogen (secondary N) is 2. The van der Waals surface area contributed by atoms with Crippen molar-refractivity contribution in [3.63, 3.8) is 0 Å². The van der Waals surface area contributed by atoms with Crippen LogP contribution in [0.4, 0.5) is 0 Å². The van der Waals surface area contributed by atoms with E-state index < -0.39 is 0 Å². The van der Waals surface area contributed by atoms with Crippen LogP contribution in [0.1, 0.15) is 23.1 Å². The van der Waals surface area contributed by atoms with Crippen molar-refractivity contribution in [3.05, 3.63) is 83.9 Å². The number of rotatable bonds is 9. The lowest BCUT2D eigenvalue weighted by atomic mass is 10.1. The lowest BCUT2D eigenvalue weighted by Gasteiger charge is -2.11. The number of carbonyl (C=O) groups excluding carboxylic acids is 2. The Morgan fingerprint density at radius 1 is 0.893 bits per heavy atom. The summed E-state index contributed by atoms with van der Waals surface area (Å²) in [7, 11) is 0. The molecular formula is C21H23N5O2. The van der Waals surface area contributed by atoms with E-state index in [9.17, 15) is 9.59 Å². The first-order valence-corrected chi connectivity index (χ1v) is 9.17. The van der Waals surface area contributed by atoms with E-state index in [1.165, 1.54) is 6.33 Å². The first kappa shape index (κ1) is 19.3. The summed E-state index contributed by atoms with van der Waals surface area (Å²) in [5, 5.41) is 9.80. The molecule has 3 aromatic rings. The zero-order chi connectivity index (χ0) is 19.6. The SMILES string of the molecule is O=C(CCNC(=O)Cc1ccccc1)NCc1ccccc1Cn1cncn1. The minimum atomic E-state index is -0.101. The topological polar surface area (TPSA) is 88.9 Å². The molecule has 0 aliphatic rings. The molecule has 0 spiro atoms. The standard InChI is InChI=1S/C21H23N5O2/c27-20(10-11-23-21(28)12-17-6-2-1-3-7-17)24-13-18-8-4-5-9-19(18)14-26-16-22-15-25-26/h1-9,15-16H,10-14H2,(H,23,28)(H,24,27). The molecule has 144 valence electrons. The summed E-state index contributed by atoms with van der Waals surface area (Å²) in [6.07, 6.45) is 3.72. The Morgan fingerprint density at radius 3 is 2.39 bits per heavy atom. The van der Waals surface area contributed by atoms with Crippen molar-refractivity contribution in [3.8, 4) is 0 Å². The second-order valence-electron chi connectivity index (χ2n) is 6.40. The Kier molecular flexibility index (Phi) is 6.89. The van der Waals surface area contributed by atoms with Crippen molar-refractivity contribution in [1.29, 1.82) is 0 Å². The fraction of sp³-hybridized carbons (Fsp3) is 0.238. The molecule has 0 aliphatic heterocycles. The Morgan fingerprint density at radius 2 is 1.64 bits per heavy atom. The fourth-order valence-corrected chi connectivity index (χ4v) is 2.81. The smallest absolute Gasteiger partial charge is 0.224 e. The van der Waals surface area contributed by atoms with Crippen molar-refractivity contribution in [2.45, 2.75) is 25.9 Å². The number of benzene rings is 2. The van der Waals surface area contributed by atoms with Gasteiger partial charge in [-0.1, -0.05) is 54.6 Å². The van der Waals surface area contributed by atoms with Crippen LogP contribution >= 0.6 is 0 Å². The minimum Gasteiger partial charge on any atom is -0.355 e. The maximum atomic E-state index is 12.1. The lowest BCUT2D eigenvalue weighted by Crippen LogP contribution is -2.31. The molecular weight excluding hydrogens is 354 g/mol. The molecule has 2 aromatic carbocycles. The third-order valence-corrected chi connectivity index (χ3v) is 4.28. The molecule has 0 radical (unpaired) electrons. The second kappa shape index (κ2) is 10.0. The first-order valence-electron chi connectivity index (χ1n) is 9.17. The van der Waals surface area contributed by atoms with Gasteiger partial charge in [0.25, 0.3) is 0 Å². The summed E-state index contributed by atoms with van der Waals surface area (Å²) >= 11 is 0. The molecule has 7 nitrogen and oxygen atoms in total. The molecule has 0 fully saturated rings. The van der Waals surface area contributed by atoms with Crippen LogP contribution in [-0.4, -0.2) is 33.1 Å². The molecule has 0 aliphatic carbocycles. The summed E-state index contributed by atoms with van der Waals surface area (Å²) in [6, 6.07) is 17.4. The third kappa shape index (κ3) is 6.05. The fourth-order valence-electron chi connectivity index (χ4n) is 2.81. The van der Waals surface area contributed by atoms with E-state index >= 15 is 0 Å². The van der Waals surface area contributed by atoms with Crippen LogP contribution in [0.25, 0.3) is 0 Å². The first-order chi connectivity index (χ1) is 13.7. The predicted octanol–water partition coefficient (Wildman–Crippen LogP) is 1.69. The van der Waals surface area contributed by atoms with E-state index in [-0.39, 0.29) is 18.2 Å². The normalized spacial score (nSPS) is 10.4. The molecule has 2 N–H and O–H groups in total. The van der Waals surface area contributed by atoms with Crippen molar-refractivity contribution in [1.82, 2.24) is 25.4 Å². The van der Waals surface area contributed by atoms with Gasteiger partial charge in [-0.2, -0.15) is 5.10 Å². The molecule has 0 saturated carbocycles. The number of amides is 2. The summed E-state index contributed by atoms with van der Waals surface area (Å²) < 4.78 is 1.74. The highest BCUT2D eigenvalue weighted by molar-refractivity contribution is 5.80. The summed E-state index contributed by atoms with van der Waals surface area (Å²) in [4.78, 5) is 28.0. The quantitative estimate of drug-likeness (QED) is 0.594. The van der Waals surface area contributed by atoms with Crippen molar-refractivity contribution < 1.29 is 9.59 Å². The third-order valence-electron chi connectivity index (χ3n) is 4.28. The number of aromatic nitrogens is 3. The number of carbonyl (C=O) groups is 2. The van der Waals surface area contributed by atoms with Gasteiger partial charge in [0.2, 0.25) is 11.8 Å². The minimum absolute atomic E-state index is 0.0859. The van der Waals surface area contributed by atoms with Gasteiger partial charge in [-0.25, -0.2) is 9.67 Å². The van der Waals surface area contributed by atoms with E-state index in [1.54, 1.807) is 11.0 Å². The predicted molar refractivity (Wildman–Crippen MR) is 105 cm³/mol. The van der Waals surface area contributed by atoms with Gasteiger partial charge in [0, 0.05) is 19.5 Å². The summed E-state index contributed by atoms with van der Waals surface area (Å²) in [5.74, 6) is -0.187. The molecule has 0 unspecified atom stereocenters. The van der Waals surface area contributed by atoms with E-state index in [2.05, 4.69) is 20.7 Å². The van der Waals surface area contributed by atoms with E-state index in [0.29, 0.717) is 26.1 Å². The number of hydrogen-bond acceptors (Lipinski definition) is 4. The number of nitrogens with zero attached hydrogens (tertiary/aromatic N) is 3. The van der Waals surface area contributed by atoms with Crippen LogP contribution in [0.15, 0.2) is 67.3 Å². The summed E-state index contributed by atoms with van der Waals surface area (Å²) in [5.41, 5.74) is 3.05. The van der Waals surface area contributed by atoms with Gasteiger partial charge in [0.05, 0.1) is 13.0 Å². The molecule has 1 heterocycles. The highest BCUT2D eigenvalue weighted by atomic mass is 16.2. The van der Waals surface area contributed by atoms with Gasteiger partial charge in [0.15, 0.2) is 0 Å². The molecule has 1 aromatic heterocycles. The average Bonchev–Trinajstić information content (AvgIpc) is 3.21. The average molecular weight is 377 g/mol. The molecule has 2 amide bonds. The monoisotopic (exact) mass is 377 g/mol. The Bertz CT molecular complexity index is 894. The van der Waals surface area contributed by atoms with Gasteiger partial charge in [-0.15, -0.1) is 0 Å². The molecule has 0 saturated heterocycles. The lowest BCUT2D eigenvalue weighted by molar-refractivity contribution is -0.122. The zero-order valence-electron chi connectivity index (χ0n) is 15.5. The largest absolute Gasteiger partial charge is 0.355 e. The van der Waals surface area contributed by atoms with Crippen molar-refractivity contribution >= 4 is 11.8 Å². The van der Waals surface area contributed by atoms with Crippen molar-refractivity contribution in [2.24, 2.45) is 0 Å².